The monoisotopic (exact) mass is 471 g/mol. The summed E-state index contributed by atoms with van der Waals surface area (Å²) < 4.78 is 8.03. The first-order valence-corrected chi connectivity index (χ1v) is 12.2. The van der Waals surface area contributed by atoms with E-state index in [1.54, 1.807) is 6.21 Å². The molecule has 0 fully saturated rings. The molecule has 0 saturated carbocycles. The second-order valence-corrected chi connectivity index (χ2v) is 8.40. The number of rotatable bonds is 12. The molecule has 4 aromatic rings. The minimum absolute atomic E-state index is 0.297. The van der Waals surface area contributed by atoms with Crippen molar-refractivity contribution in [3.05, 3.63) is 71.9 Å². The lowest BCUT2D eigenvalue weighted by Crippen LogP contribution is -2.27. The molecule has 0 spiro atoms. The lowest BCUT2D eigenvalue weighted by Gasteiger charge is -2.21. The molecule has 0 saturated heterocycles. The van der Waals surface area contributed by atoms with Crippen molar-refractivity contribution in [1.82, 2.24) is 19.5 Å². The number of fused-ring (bicyclic) bond motifs is 1. The average molecular weight is 472 g/mol. The zero-order valence-electron chi connectivity index (χ0n) is 20.7. The Balaban J connectivity index is 1.53. The molecule has 0 unspecified atom stereocenters. The number of aromatic nitrogens is 4. The van der Waals surface area contributed by atoms with Crippen LogP contribution < -0.4 is 15.1 Å². The van der Waals surface area contributed by atoms with E-state index in [2.05, 4.69) is 79.3 Å². The molecule has 0 aliphatic rings. The number of hydrazone groups is 1. The first-order chi connectivity index (χ1) is 17.2. The summed E-state index contributed by atoms with van der Waals surface area (Å²) in [5, 5.41) is 5.56. The number of hydrogen-bond acceptors (Lipinski definition) is 7. The van der Waals surface area contributed by atoms with Crippen LogP contribution in [0.15, 0.2) is 65.9 Å². The normalized spacial score (nSPS) is 11.3. The molecule has 2 aromatic carbocycles. The number of nitrogens with zero attached hydrogens (tertiary/aromatic N) is 6. The molecular formula is C27H33N7O. The van der Waals surface area contributed by atoms with Gasteiger partial charge in [-0.25, -0.2) is 5.43 Å². The van der Waals surface area contributed by atoms with E-state index < -0.39 is 0 Å². The van der Waals surface area contributed by atoms with Gasteiger partial charge in [0.15, 0.2) is 0 Å². The fourth-order valence-electron chi connectivity index (χ4n) is 3.99. The number of ether oxygens (including phenoxy) is 1. The molecule has 0 aliphatic heterocycles. The van der Waals surface area contributed by atoms with Crippen LogP contribution in [0.5, 0.6) is 6.01 Å². The van der Waals surface area contributed by atoms with Gasteiger partial charge < -0.3 is 14.2 Å². The van der Waals surface area contributed by atoms with Gasteiger partial charge in [0, 0.05) is 49.2 Å². The van der Waals surface area contributed by atoms with Gasteiger partial charge in [0.25, 0.3) is 5.95 Å². The summed E-state index contributed by atoms with van der Waals surface area (Å²) in [4.78, 5) is 15.9. The van der Waals surface area contributed by atoms with Gasteiger partial charge in [0.05, 0.1) is 12.8 Å². The molecule has 0 radical (unpaired) electrons. The van der Waals surface area contributed by atoms with Gasteiger partial charge in [-0.1, -0.05) is 62.4 Å². The van der Waals surface area contributed by atoms with Crippen LogP contribution in [0.4, 0.5) is 11.9 Å². The van der Waals surface area contributed by atoms with E-state index in [1.807, 2.05) is 37.4 Å². The fourth-order valence-corrected chi connectivity index (χ4v) is 3.99. The van der Waals surface area contributed by atoms with Crippen LogP contribution in [-0.4, -0.2) is 45.4 Å². The summed E-state index contributed by atoms with van der Waals surface area (Å²) in [5.74, 6) is 0.958. The maximum absolute atomic E-state index is 5.94. The van der Waals surface area contributed by atoms with E-state index >= 15 is 0 Å². The van der Waals surface area contributed by atoms with Crippen LogP contribution in [-0.2, 0) is 13.5 Å². The predicted octanol–water partition coefficient (Wildman–Crippen LogP) is 5.06. The summed E-state index contributed by atoms with van der Waals surface area (Å²) >= 11 is 0. The summed E-state index contributed by atoms with van der Waals surface area (Å²) in [7, 11) is 2.03. The van der Waals surface area contributed by atoms with Gasteiger partial charge in [-0.2, -0.15) is 20.1 Å². The number of nitrogens with one attached hydrogen (secondary N) is 1. The third-order valence-corrected chi connectivity index (χ3v) is 5.63. The molecule has 35 heavy (non-hydrogen) atoms. The smallest absolute Gasteiger partial charge is 0.323 e. The van der Waals surface area contributed by atoms with E-state index in [9.17, 15) is 0 Å². The van der Waals surface area contributed by atoms with Crippen molar-refractivity contribution in [2.24, 2.45) is 12.1 Å². The van der Waals surface area contributed by atoms with Crippen LogP contribution >= 0.6 is 0 Å². The topological polar surface area (TPSA) is 80.5 Å². The highest BCUT2D eigenvalue weighted by atomic mass is 16.5. The van der Waals surface area contributed by atoms with Gasteiger partial charge in [-0.15, -0.1) is 0 Å². The molecule has 4 rings (SSSR count). The Hall–Kier alpha value is -3.94. The highest BCUT2D eigenvalue weighted by molar-refractivity contribution is 5.99. The van der Waals surface area contributed by atoms with Crippen molar-refractivity contribution in [3.8, 4) is 6.01 Å². The van der Waals surface area contributed by atoms with Crippen molar-refractivity contribution in [2.45, 2.75) is 33.1 Å². The lowest BCUT2D eigenvalue weighted by atomic mass is 10.2. The van der Waals surface area contributed by atoms with Crippen LogP contribution in [0.25, 0.3) is 10.9 Å². The van der Waals surface area contributed by atoms with Crippen molar-refractivity contribution in [2.75, 3.05) is 30.0 Å². The molecule has 182 valence electrons. The van der Waals surface area contributed by atoms with E-state index in [1.165, 1.54) is 5.56 Å². The average Bonchev–Trinajstić information content (AvgIpc) is 3.20. The van der Waals surface area contributed by atoms with Crippen LogP contribution in [0.1, 0.15) is 37.8 Å². The van der Waals surface area contributed by atoms with Crippen molar-refractivity contribution in [1.29, 1.82) is 0 Å². The SMILES string of the molecule is CCCN(CCC)c1nc(N/N=C/c2cn(C)c3ccccc23)nc(OCCc2ccccc2)n1. The lowest BCUT2D eigenvalue weighted by molar-refractivity contribution is 0.295. The van der Waals surface area contributed by atoms with Crippen molar-refractivity contribution >= 4 is 29.0 Å². The highest BCUT2D eigenvalue weighted by Crippen LogP contribution is 2.19. The van der Waals surface area contributed by atoms with Gasteiger partial charge in [-0.05, 0) is 24.5 Å². The zero-order chi connectivity index (χ0) is 24.5. The largest absolute Gasteiger partial charge is 0.463 e. The molecule has 0 atom stereocenters. The van der Waals surface area contributed by atoms with Crippen LogP contribution in [0, 0.1) is 0 Å². The second kappa shape index (κ2) is 12.0. The molecular weight excluding hydrogens is 438 g/mol. The van der Waals surface area contributed by atoms with E-state index in [4.69, 9.17) is 4.74 Å². The first-order valence-electron chi connectivity index (χ1n) is 12.2. The quantitative estimate of drug-likeness (QED) is 0.230. The minimum Gasteiger partial charge on any atom is -0.463 e. The Labute approximate surface area is 206 Å². The molecule has 0 bridgehead atoms. The maximum atomic E-state index is 5.94. The Kier molecular flexibility index (Phi) is 8.27. The summed E-state index contributed by atoms with van der Waals surface area (Å²) in [6.07, 6.45) is 6.61. The molecule has 2 heterocycles. The van der Waals surface area contributed by atoms with E-state index in [-0.39, 0.29) is 0 Å². The molecule has 1 N–H and O–H groups in total. The number of benzene rings is 2. The van der Waals surface area contributed by atoms with E-state index in [0.717, 1.165) is 48.8 Å². The Morgan fingerprint density at radius 1 is 0.971 bits per heavy atom. The van der Waals surface area contributed by atoms with Crippen molar-refractivity contribution < 1.29 is 4.74 Å². The number of para-hydroxylation sites is 1. The minimum atomic E-state index is 0.297. The molecule has 8 nitrogen and oxygen atoms in total. The Bertz CT molecular complexity index is 1250. The third-order valence-electron chi connectivity index (χ3n) is 5.63. The van der Waals surface area contributed by atoms with Gasteiger partial charge >= 0.3 is 6.01 Å². The number of anilines is 2. The first kappa shape index (κ1) is 24.2. The standard InChI is InChI=1S/C27H33N7O/c1-4-16-34(17-5-2)26-29-25(30-27(31-26)35-18-15-21-11-7-6-8-12-21)32-28-19-22-20-33(3)24-14-10-9-13-23(22)24/h6-14,19-20H,4-5,15-18H2,1-3H3,(H,29,30,31,32)/b28-19+. The van der Waals surface area contributed by atoms with Gasteiger partial charge in [0.2, 0.25) is 5.95 Å². The van der Waals surface area contributed by atoms with Gasteiger partial charge in [-0.3, -0.25) is 0 Å². The summed E-state index contributed by atoms with van der Waals surface area (Å²) in [6.45, 7) is 6.50. The molecule has 0 aliphatic carbocycles. The number of hydrogen-bond donors (Lipinski definition) is 1. The Morgan fingerprint density at radius 2 is 1.71 bits per heavy atom. The summed E-state index contributed by atoms with van der Waals surface area (Å²) in [6, 6.07) is 18.8. The van der Waals surface area contributed by atoms with Crippen LogP contribution in [0.3, 0.4) is 0 Å². The molecule has 8 heteroatoms. The molecule has 0 amide bonds. The Morgan fingerprint density at radius 3 is 2.49 bits per heavy atom. The van der Waals surface area contributed by atoms with Crippen LogP contribution in [0.2, 0.25) is 0 Å². The van der Waals surface area contributed by atoms with E-state index in [0.29, 0.717) is 24.5 Å². The second-order valence-electron chi connectivity index (χ2n) is 8.40. The highest BCUT2D eigenvalue weighted by Gasteiger charge is 2.14. The third kappa shape index (κ3) is 6.35. The fraction of sp³-hybridized carbons (Fsp3) is 0.333. The maximum Gasteiger partial charge on any atom is 0.323 e. The zero-order valence-corrected chi connectivity index (χ0v) is 20.7. The van der Waals surface area contributed by atoms with Gasteiger partial charge in [0.1, 0.15) is 0 Å². The summed E-state index contributed by atoms with van der Waals surface area (Å²) in [5.41, 5.74) is 6.36. The molecule has 2 aromatic heterocycles. The predicted molar refractivity (Wildman–Crippen MR) is 142 cm³/mol. The number of aryl methyl sites for hydroxylation is 1. The van der Waals surface area contributed by atoms with Crippen molar-refractivity contribution in [3.63, 3.8) is 0 Å².